The van der Waals surface area contributed by atoms with Crippen LogP contribution in [0.5, 0.6) is 11.5 Å². The summed E-state index contributed by atoms with van der Waals surface area (Å²) in [4.78, 5) is 12.3. The molecule has 0 N–H and O–H groups in total. The highest BCUT2D eigenvalue weighted by molar-refractivity contribution is 6.00. The SMILES string of the molecule is COc1ccc(OC)c(C(=O)Cc2ccc(F)cc2F)c1. The number of methoxy groups -OCH3 is 2. The van der Waals surface area contributed by atoms with E-state index in [1.54, 1.807) is 12.1 Å². The first-order valence-corrected chi connectivity index (χ1v) is 6.24. The number of rotatable bonds is 5. The summed E-state index contributed by atoms with van der Waals surface area (Å²) < 4.78 is 36.7. The van der Waals surface area contributed by atoms with Gasteiger partial charge in [0.1, 0.15) is 23.1 Å². The topological polar surface area (TPSA) is 35.5 Å². The van der Waals surface area contributed by atoms with E-state index in [0.29, 0.717) is 17.1 Å². The lowest BCUT2D eigenvalue weighted by molar-refractivity contribution is 0.0988. The molecule has 0 aliphatic heterocycles. The second kappa shape index (κ2) is 6.35. The second-order valence-electron chi connectivity index (χ2n) is 4.40. The van der Waals surface area contributed by atoms with E-state index in [9.17, 15) is 13.6 Å². The van der Waals surface area contributed by atoms with E-state index in [0.717, 1.165) is 12.1 Å². The van der Waals surface area contributed by atoms with E-state index < -0.39 is 11.6 Å². The zero-order chi connectivity index (χ0) is 15.4. The van der Waals surface area contributed by atoms with Crippen molar-refractivity contribution in [3.63, 3.8) is 0 Å². The molecule has 0 aromatic heterocycles. The summed E-state index contributed by atoms with van der Waals surface area (Å²) in [5.41, 5.74) is 0.423. The van der Waals surface area contributed by atoms with Gasteiger partial charge in [0.25, 0.3) is 0 Å². The summed E-state index contributed by atoms with van der Waals surface area (Å²) >= 11 is 0. The van der Waals surface area contributed by atoms with Crippen LogP contribution in [-0.4, -0.2) is 20.0 Å². The Morgan fingerprint density at radius 3 is 2.43 bits per heavy atom. The van der Waals surface area contributed by atoms with Crippen LogP contribution >= 0.6 is 0 Å². The summed E-state index contributed by atoms with van der Waals surface area (Å²) in [7, 11) is 2.92. The number of carbonyl (C=O) groups is 1. The van der Waals surface area contributed by atoms with Gasteiger partial charge in [0.05, 0.1) is 19.8 Å². The number of ether oxygens (including phenoxy) is 2. The molecule has 21 heavy (non-hydrogen) atoms. The predicted molar refractivity (Wildman–Crippen MR) is 73.9 cm³/mol. The molecular formula is C16H14F2O3. The van der Waals surface area contributed by atoms with Crippen molar-refractivity contribution in [2.75, 3.05) is 14.2 Å². The van der Waals surface area contributed by atoms with Crippen molar-refractivity contribution in [3.05, 3.63) is 59.2 Å². The third kappa shape index (κ3) is 3.37. The minimum Gasteiger partial charge on any atom is -0.497 e. The molecule has 2 rings (SSSR count). The van der Waals surface area contributed by atoms with E-state index in [1.807, 2.05) is 0 Å². The van der Waals surface area contributed by atoms with Crippen molar-refractivity contribution >= 4 is 5.78 Å². The first kappa shape index (κ1) is 15.0. The molecule has 0 fully saturated rings. The quantitative estimate of drug-likeness (QED) is 0.792. The molecular weight excluding hydrogens is 278 g/mol. The number of benzene rings is 2. The lowest BCUT2D eigenvalue weighted by Gasteiger charge is -2.10. The highest BCUT2D eigenvalue weighted by Gasteiger charge is 2.16. The maximum Gasteiger partial charge on any atom is 0.171 e. The van der Waals surface area contributed by atoms with Crippen LogP contribution in [0.25, 0.3) is 0 Å². The fraction of sp³-hybridized carbons (Fsp3) is 0.188. The smallest absolute Gasteiger partial charge is 0.171 e. The molecule has 0 radical (unpaired) electrons. The predicted octanol–water partition coefficient (Wildman–Crippen LogP) is 3.41. The first-order valence-electron chi connectivity index (χ1n) is 6.24. The Hall–Kier alpha value is -2.43. The van der Waals surface area contributed by atoms with Gasteiger partial charge in [0.2, 0.25) is 0 Å². The summed E-state index contributed by atoms with van der Waals surface area (Å²) in [6.07, 6.45) is -0.185. The fourth-order valence-electron chi connectivity index (χ4n) is 1.97. The molecule has 0 amide bonds. The van der Waals surface area contributed by atoms with Gasteiger partial charge < -0.3 is 9.47 Å². The monoisotopic (exact) mass is 292 g/mol. The van der Waals surface area contributed by atoms with Crippen LogP contribution in [-0.2, 0) is 6.42 Å². The zero-order valence-corrected chi connectivity index (χ0v) is 11.7. The van der Waals surface area contributed by atoms with Crippen LogP contribution in [0, 0.1) is 11.6 Å². The lowest BCUT2D eigenvalue weighted by atomic mass is 10.0. The van der Waals surface area contributed by atoms with Crippen LogP contribution in [0.1, 0.15) is 15.9 Å². The molecule has 0 spiro atoms. The molecule has 0 saturated carbocycles. The van der Waals surface area contributed by atoms with Gasteiger partial charge in [-0.15, -0.1) is 0 Å². The van der Waals surface area contributed by atoms with E-state index in [1.165, 1.54) is 26.4 Å². The van der Waals surface area contributed by atoms with Gasteiger partial charge in [-0.25, -0.2) is 8.78 Å². The van der Waals surface area contributed by atoms with Gasteiger partial charge in [-0.05, 0) is 29.8 Å². The standard InChI is InChI=1S/C16H14F2O3/c1-20-12-5-6-16(21-2)13(9-12)15(19)7-10-3-4-11(17)8-14(10)18/h3-6,8-9H,7H2,1-2H3. The van der Waals surface area contributed by atoms with Crippen molar-refractivity contribution in [3.8, 4) is 11.5 Å². The number of hydrogen-bond donors (Lipinski definition) is 0. The van der Waals surface area contributed by atoms with E-state index >= 15 is 0 Å². The molecule has 0 bridgehead atoms. The largest absolute Gasteiger partial charge is 0.497 e. The Balaban J connectivity index is 2.31. The molecule has 5 heteroatoms. The third-order valence-electron chi connectivity index (χ3n) is 3.07. The molecule has 110 valence electrons. The number of Topliss-reactive ketones (excluding diaryl/α,β-unsaturated/α-hetero) is 1. The molecule has 0 aliphatic carbocycles. The third-order valence-corrected chi connectivity index (χ3v) is 3.07. The maximum atomic E-state index is 13.6. The summed E-state index contributed by atoms with van der Waals surface area (Å²) in [6.45, 7) is 0. The summed E-state index contributed by atoms with van der Waals surface area (Å²) in [6, 6.07) is 7.93. The van der Waals surface area contributed by atoms with Crippen LogP contribution in [0.2, 0.25) is 0 Å². The lowest BCUT2D eigenvalue weighted by Crippen LogP contribution is -2.07. The van der Waals surface area contributed by atoms with Crippen molar-refractivity contribution < 1.29 is 23.0 Å². The van der Waals surface area contributed by atoms with E-state index in [2.05, 4.69) is 0 Å². The molecule has 3 nitrogen and oxygen atoms in total. The van der Waals surface area contributed by atoms with Gasteiger partial charge in [0, 0.05) is 12.5 Å². The van der Waals surface area contributed by atoms with E-state index in [-0.39, 0.29) is 17.8 Å². The summed E-state index contributed by atoms with van der Waals surface area (Å²) in [5.74, 6) is -0.883. The molecule has 0 atom stereocenters. The van der Waals surface area contributed by atoms with Gasteiger partial charge in [-0.3, -0.25) is 4.79 Å². The minimum atomic E-state index is -0.745. The Labute approximate surface area is 121 Å². The van der Waals surface area contributed by atoms with Crippen molar-refractivity contribution in [2.24, 2.45) is 0 Å². The molecule has 0 saturated heterocycles. The van der Waals surface area contributed by atoms with E-state index in [4.69, 9.17) is 9.47 Å². The van der Waals surface area contributed by atoms with Crippen molar-refractivity contribution in [2.45, 2.75) is 6.42 Å². The Morgan fingerprint density at radius 2 is 1.81 bits per heavy atom. The molecule has 2 aromatic rings. The Kier molecular flexibility index (Phi) is 4.52. The maximum absolute atomic E-state index is 13.6. The number of carbonyl (C=O) groups excluding carboxylic acids is 1. The zero-order valence-electron chi connectivity index (χ0n) is 11.7. The molecule has 2 aromatic carbocycles. The van der Waals surface area contributed by atoms with Crippen LogP contribution < -0.4 is 9.47 Å². The highest BCUT2D eigenvalue weighted by Crippen LogP contribution is 2.25. The number of hydrogen-bond acceptors (Lipinski definition) is 3. The van der Waals surface area contributed by atoms with Crippen LogP contribution in [0.4, 0.5) is 8.78 Å². The van der Waals surface area contributed by atoms with Gasteiger partial charge in [-0.1, -0.05) is 6.07 Å². The average molecular weight is 292 g/mol. The van der Waals surface area contributed by atoms with Crippen molar-refractivity contribution in [1.29, 1.82) is 0 Å². The highest BCUT2D eigenvalue weighted by atomic mass is 19.1. The number of ketones is 1. The normalized spacial score (nSPS) is 10.3. The number of halogens is 2. The van der Waals surface area contributed by atoms with Gasteiger partial charge >= 0.3 is 0 Å². The van der Waals surface area contributed by atoms with Crippen LogP contribution in [0.15, 0.2) is 36.4 Å². The first-order chi connectivity index (χ1) is 10.0. The van der Waals surface area contributed by atoms with Gasteiger partial charge in [-0.2, -0.15) is 0 Å². The Morgan fingerprint density at radius 1 is 1.05 bits per heavy atom. The van der Waals surface area contributed by atoms with Crippen LogP contribution in [0.3, 0.4) is 0 Å². The summed E-state index contributed by atoms with van der Waals surface area (Å²) in [5, 5.41) is 0. The minimum absolute atomic E-state index is 0.131. The molecule has 0 unspecified atom stereocenters. The van der Waals surface area contributed by atoms with Gasteiger partial charge in [0.15, 0.2) is 5.78 Å². The average Bonchev–Trinajstić information content (AvgIpc) is 2.49. The second-order valence-corrected chi connectivity index (χ2v) is 4.40. The van der Waals surface area contributed by atoms with Crippen molar-refractivity contribution in [1.82, 2.24) is 0 Å². The molecule has 0 aliphatic rings. The Bertz CT molecular complexity index is 669. The molecule has 0 heterocycles. The fourth-order valence-corrected chi connectivity index (χ4v) is 1.97.